The molecule has 2 nitrogen and oxygen atoms in total. The summed E-state index contributed by atoms with van der Waals surface area (Å²) in [4.78, 5) is 0. The fourth-order valence-electron chi connectivity index (χ4n) is 1.61. The Morgan fingerprint density at radius 2 is 2.19 bits per heavy atom. The lowest BCUT2D eigenvalue weighted by Gasteiger charge is -2.10. The molecule has 1 aromatic heterocycles. The maximum absolute atomic E-state index is 5.71. The molecule has 0 saturated carbocycles. The zero-order chi connectivity index (χ0) is 11.8. The van der Waals surface area contributed by atoms with Crippen molar-refractivity contribution in [1.82, 2.24) is 5.32 Å². The van der Waals surface area contributed by atoms with Crippen molar-refractivity contribution in [2.45, 2.75) is 39.2 Å². The fraction of sp³-hybridized carbons (Fsp3) is 0.692. The highest BCUT2D eigenvalue weighted by atomic mass is 32.2. The third-order valence-electron chi connectivity index (χ3n) is 2.68. The van der Waals surface area contributed by atoms with E-state index in [9.17, 15) is 0 Å². The SMILES string of the molecule is CCc1ccc(C(C)NCCCCSC)o1. The number of unbranched alkanes of at least 4 members (excludes halogenated alkanes) is 1. The molecule has 0 spiro atoms. The van der Waals surface area contributed by atoms with Crippen LogP contribution in [0.15, 0.2) is 16.5 Å². The molecule has 1 rings (SSSR count). The van der Waals surface area contributed by atoms with Gasteiger partial charge < -0.3 is 9.73 Å². The van der Waals surface area contributed by atoms with E-state index in [0.717, 1.165) is 24.5 Å². The summed E-state index contributed by atoms with van der Waals surface area (Å²) in [6.45, 7) is 5.35. The van der Waals surface area contributed by atoms with E-state index in [0.29, 0.717) is 6.04 Å². The predicted molar refractivity (Wildman–Crippen MR) is 72.1 cm³/mol. The molecule has 1 aromatic rings. The highest BCUT2D eigenvalue weighted by molar-refractivity contribution is 7.98. The zero-order valence-corrected chi connectivity index (χ0v) is 11.4. The van der Waals surface area contributed by atoms with Crippen molar-refractivity contribution in [2.24, 2.45) is 0 Å². The van der Waals surface area contributed by atoms with Gasteiger partial charge in [-0.15, -0.1) is 0 Å². The molecule has 0 aromatic carbocycles. The van der Waals surface area contributed by atoms with Gasteiger partial charge >= 0.3 is 0 Å². The molecule has 1 unspecified atom stereocenters. The number of furan rings is 1. The summed E-state index contributed by atoms with van der Waals surface area (Å²) in [5, 5.41) is 3.49. The van der Waals surface area contributed by atoms with Crippen LogP contribution in [-0.4, -0.2) is 18.6 Å². The molecule has 0 fully saturated rings. The third kappa shape index (κ3) is 4.62. The largest absolute Gasteiger partial charge is 0.464 e. The van der Waals surface area contributed by atoms with Gasteiger partial charge in [0.05, 0.1) is 6.04 Å². The van der Waals surface area contributed by atoms with Crippen molar-refractivity contribution in [1.29, 1.82) is 0 Å². The van der Waals surface area contributed by atoms with Crippen molar-refractivity contribution in [3.05, 3.63) is 23.7 Å². The van der Waals surface area contributed by atoms with Crippen LogP contribution in [0.5, 0.6) is 0 Å². The van der Waals surface area contributed by atoms with Gasteiger partial charge in [-0.1, -0.05) is 6.92 Å². The average Bonchev–Trinajstić information content (AvgIpc) is 2.77. The first kappa shape index (κ1) is 13.7. The van der Waals surface area contributed by atoms with Gasteiger partial charge in [0.25, 0.3) is 0 Å². The van der Waals surface area contributed by atoms with Crippen LogP contribution in [0.25, 0.3) is 0 Å². The Balaban J connectivity index is 2.21. The first-order valence-electron chi connectivity index (χ1n) is 6.08. The van der Waals surface area contributed by atoms with E-state index in [4.69, 9.17) is 4.42 Å². The van der Waals surface area contributed by atoms with Gasteiger partial charge in [-0.3, -0.25) is 0 Å². The lowest BCUT2D eigenvalue weighted by molar-refractivity contribution is 0.407. The van der Waals surface area contributed by atoms with Crippen molar-refractivity contribution in [3.8, 4) is 0 Å². The Labute approximate surface area is 103 Å². The Bertz CT molecular complexity index is 285. The number of hydrogen-bond donors (Lipinski definition) is 1. The maximum atomic E-state index is 5.71. The van der Waals surface area contributed by atoms with Gasteiger partial charge in [0.2, 0.25) is 0 Å². The predicted octanol–water partition coefficient (Wildman–Crippen LogP) is 3.64. The van der Waals surface area contributed by atoms with Crippen molar-refractivity contribution >= 4 is 11.8 Å². The summed E-state index contributed by atoms with van der Waals surface area (Å²) in [6, 6.07) is 4.48. The Kier molecular flexibility index (Phi) is 6.65. The lowest BCUT2D eigenvalue weighted by Crippen LogP contribution is -2.19. The number of hydrogen-bond acceptors (Lipinski definition) is 3. The van der Waals surface area contributed by atoms with Crippen molar-refractivity contribution in [3.63, 3.8) is 0 Å². The van der Waals surface area contributed by atoms with Gasteiger partial charge in [-0.2, -0.15) is 11.8 Å². The van der Waals surface area contributed by atoms with Crippen molar-refractivity contribution < 1.29 is 4.42 Å². The highest BCUT2D eigenvalue weighted by Gasteiger charge is 2.08. The molecule has 0 saturated heterocycles. The van der Waals surface area contributed by atoms with Crippen LogP contribution in [0.1, 0.15) is 44.3 Å². The van der Waals surface area contributed by atoms with Gasteiger partial charge in [0.1, 0.15) is 11.5 Å². The first-order valence-corrected chi connectivity index (χ1v) is 7.48. The smallest absolute Gasteiger partial charge is 0.120 e. The molecule has 16 heavy (non-hydrogen) atoms. The van der Waals surface area contributed by atoms with E-state index in [1.54, 1.807) is 0 Å². The molecule has 0 bridgehead atoms. The van der Waals surface area contributed by atoms with Crippen LogP contribution in [0.3, 0.4) is 0 Å². The summed E-state index contributed by atoms with van der Waals surface area (Å²) in [5.41, 5.74) is 0. The second-order valence-corrected chi connectivity index (χ2v) is 5.02. The molecular formula is C13H23NOS. The van der Waals surface area contributed by atoms with Crippen LogP contribution < -0.4 is 5.32 Å². The molecule has 92 valence electrons. The number of rotatable bonds is 8. The van der Waals surface area contributed by atoms with E-state index < -0.39 is 0 Å². The molecule has 0 aliphatic rings. The quantitative estimate of drug-likeness (QED) is 0.704. The van der Waals surface area contributed by atoms with E-state index in [2.05, 4.69) is 37.6 Å². The second kappa shape index (κ2) is 7.80. The van der Waals surface area contributed by atoms with Gasteiger partial charge in [-0.05, 0) is 50.5 Å². The maximum Gasteiger partial charge on any atom is 0.120 e. The summed E-state index contributed by atoms with van der Waals surface area (Å²) >= 11 is 1.92. The molecular weight excluding hydrogens is 218 g/mol. The molecule has 1 atom stereocenters. The molecule has 0 amide bonds. The number of nitrogens with one attached hydrogen (secondary N) is 1. The van der Waals surface area contributed by atoms with Crippen LogP contribution in [0.2, 0.25) is 0 Å². The second-order valence-electron chi connectivity index (χ2n) is 4.03. The summed E-state index contributed by atoms with van der Waals surface area (Å²) in [5.74, 6) is 3.39. The minimum absolute atomic E-state index is 0.328. The summed E-state index contributed by atoms with van der Waals surface area (Å²) in [7, 11) is 0. The first-order chi connectivity index (χ1) is 7.77. The minimum Gasteiger partial charge on any atom is -0.464 e. The number of thioether (sulfide) groups is 1. The molecule has 3 heteroatoms. The van der Waals surface area contributed by atoms with Gasteiger partial charge in [0, 0.05) is 6.42 Å². The van der Waals surface area contributed by atoms with E-state index >= 15 is 0 Å². The summed E-state index contributed by atoms with van der Waals surface area (Å²) in [6.07, 6.45) is 5.66. The minimum atomic E-state index is 0.328. The summed E-state index contributed by atoms with van der Waals surface area (Å²) < 4.78 is 5.71. The highest BCUT2D eigenvalue weighted by Crippen LogP contribution is 2.16. The molecule has 1 N–H and O–H groups in total. The van der Waals surface area contributed by atoms with Gasteiger partial charge in [-0.25, -0.2) is 0 Å². The molecule has 1 heterocycles. The standard InChI is InChI=1S/C13H23NOS/c1-4-12-7-8-13(15-12)11(2)14-9-5-6-10-16-3/h7-8,11,14H,4-6,9-10H2,1-3H3. The molecule has 0 radical (unpaired) electrons. The lowest BCUT2D eigenvalue weighted by atomic mass is 10.2. The number of aryl methyl sites for hydroxylation is 1. The average molecular weight is 241 g/mol. The Hall–Kier alpha value is -0.410. The van der Waals surface area contributed by atoms with E-state index in [-0.39, 0.29) is 0 Å². The van der Waals surface area contributed by atoms with Crippen LogP contribution in [0, 0.1) is 0 Å². The van der Waals surface area contributed by atoms with E-state index in [1.165, 1.54) is 18.6 Å². The third-order valence-corrected chi connectivity index (χ3v) is 3.38. The normalized spacial score (nSPS) is 12.9. The zero-order valence-electron chi connectivity index (χ0n) is 10.6. The van der Waals surface area contributed by atoms with Gasteiger partial charge in [0.15, 0.2) is 0 Å². The molecule has 0 aliphatic heterocycles. The topological polar surface area (TPSA) is 25.2 Å². The fourth-order valence-corrected chi connectivity index (χ4v) is 2.10. The Morgan fingerprint density at radius 1 is 1.38 bits per heavy atom. The molecule has 0 aliphatic carbocycles. The van der Waals surface area contributed by atoms with Crippen LogP contribution >= 0.6 is 11.8 Å². The van der Waals surface area contributed by atoms with Crippen LogP contribution in [-0.2, 0) is 6.42 Å². The Morgan fingerprint density at radius 3 is 2.81 bits per heavy atom. The van der Waals surface area contributed by atoms with Crippen LogP contribution in [0.4, 0.5) is 0 Å². The monoisotopic (exact) mass is 241 g/mol. The van der Waals surface area contributed by atoms with Crippen molar-refractivity contribution in [2.75, 3.05) is 18.6 Å². The van der Waals surface area contributed by atoms with E-state index in [1.807, 2.05) is 11.8 Å².